The van der Waals surface area contributed by atoms with Crippen molar-refractivity contribution < 1.29 is 10.2 Å². The number of aliphatic hydroxyl groups is 2. The molecule has 4 unspecified atom stereocenters. The fourth-order valence-electron chi connectivity index (χ4n) is 7.13. The summed E-state index contributed by atoms with van der Waals surface area (Å²) in [6.07, 6.45) is 5.86. The number of aliphatic hydroxyl groups excluding tert-OH is 2. The Morgan fingerprint density at radius 2 is 1.56 bits per heavy atom. The van der Waals surface area contributed by atoms with E-state index in [9.17, 15) is 10.2 Å². The number of hydrogen-bond acceptors (Lipinski definition) is 4. The van der Waals surface area contributed by atoms with Crippen molar-refractivity contribution in [2.45, 2.75) is 75.2 Å². The second kappa shape index (κ2) is 7.10. The van der Waals surface area contributed by atoms with E-state index in [1.807, 2.05) is 0 Å². The van der Waals surface area contributed by atoms with Gasteiger partial charge in [-0.15, -0.1) is 0 Å². The number of hydrogen-bond donors (Lipinski definition) is 2. The molecular formula is C28H34N2O2. The fraction of sp³-hybridized carbons (Fsp3) is 0.500. The molecule has 2 aliphatic heterocycles. The summed E-state index contributed by atoms with van der Waals surface area (Å²) in [5.74, 6) is 0.284. The van der Waals surface area contributed by atoms with Crippen LogP contribution in [0, 0.1) is 5.92 Å². The summed E-state index contributed by atoms with van der Waals surface area (Å²) in [5.41, 5.74) is 6.16. The first-order chi connectivity index (χ1) is 15.4. The molecule has 168 valence electrons. The number of fused-ring (bicyclic) bond motifs is 4. The monoisotopic (exact) mass is 430 g/mol. The lowest BCUT2D eigenvalue weighted by molar-refractivity contribution is -0.0956. The molecule has 0 aromatic heterocycles. The first-order valence-corrected chi connectivity index (χ1v) is 12.2. The molecule has 0 amide bonds. The van der Waals surface area contributed by atoms with Crippen LogP contribution in [0.25, 0.3) is 0 Å². The van der Waals surface area contributed by atoms with Crippen LogP contribution in [-0.4, -0.2) is 41.6 Å². The Bertz CT molecular complexity index is 1070. The normalized spacial score (nSPS) is 36.0. The van der Waals surface area contributed by atoms with Crippen LogP contribution in [0.1, 0.15) is 56.6 Å². The highest BCUT2D eigenvalue weighted by Crippen LogP contribution is 2.53. The van der Waals surface area contributed by atoms with Gasteiger partial charge >= 0.3 is 0 Å². The highest BCUT2D eigenvalue weighted by molar-refractivity contribution is 5.70. The van der Waals surface area contributed by atoms with E-state index in [2.05, 4.69) is 85.3 Å². The zero-order chi connectivity index (χ0) is 22.2. The number of rotatable bonds is 2. The Balaban J connectivity index is 1.32. The molecular weight excluding hydrogens is 396 g/mol. The molecule has 4 nitrogen and oxygen atoms in total. The van der Waals surface area contributed by atoms with Gasteiger partial charge in [0.15, 0.2) is 0 Å². The van der Waals surface area contributed by atoms with Gasteiger partial charge < -0.3 is 20.0 Å². The molecule has 0 bridgehead atoms. The number of allylic oxidation sites excluding steroid dienone is 1. The van der Waals surface area contributed by atoms with Crippen molar-refractivity contribution in [2.75, 3.05) is 16.8 Å². The molecule has 0 radical (unpaired) electrons. The Morgan fingerprint density at radius 1 is 0.906 bits per heavy atom. The average Bonchev–Trinajstić information content (AvgIpc) is 3.22. The highest BCUT2D eigenvalue weighted by Gasteiger charge is 2.56. The van der Waals surface area contributed by atoms with Crippen LogP contribution in [-0.2, 0) is 5.41 Å². The standard InChI is InChI=1S/C28H34N2O2/c1-28(2)20-12-6-9-15-23(20)29(3)24(28)16-19-26(31)25(27(19)32)30-21-13-7-4-10-17(21)18-11-5-8-14-22(18)30/h4,6-7,9-10,12-13,15-16,18-19,22,25-27,31-32H,5,8,11,14H2,1-3H3. The van der Waals surface area contributed by atoms with Crippen LogP contribution >= 0.6 is 0 Å². The smallest absolute Gasteiger partial charge is 0.0857 e. The lowest BCUT2D eigenvalue weighted by atomic mass is 9.70. The van der Waals surface area contributed by atoms with Crippen LogP contribution in [0.4, 0.5) is 11.4 Å². The predicted molar refractivity (Wildman–Crippen MR) is 129 cm³/mol. The van der Waals surface area contributed by atoms with Crippen LogP contribution < -0.4 is 9.80 Å². The summed E-state index contributed by atoms with van der Waals surface area (Å²) in [4.78, 5) is 4.62. The molecule has 2 saturated carbocycles. The number of benzene rings is 2. The first-order valence-electron chi connectivity index (χ1n) is 12.2. The SMILES string of the molecule is CN1C(=CC2C(O)C(N3c4ccccc4C4CCCCC43)C2O)C(C)(C)c2ccccc21. The third kappa shape index (κ3) is 2.63. The molecule has 2 aromatic carbocycles. The summed E-state index contributed by atoms with van der Waals surface area (Å²) >= 11 is 0. The molecule has 32 heavy (non-hydrogen) atoms. The fourth-order valence-corrected chi connectivity index (χ4v) is 7.13. The van der Waals surface area contributed by atoms with E-state index in [4.69, 9.17) is 0 Å². The molecule has 4 aliphatic rings. The minimum atomic E-state index is -0.570. The summed E-state index contributed by atoms with van der Waals surface area (Å²) in [6, 6.07) is 17.3. The highest BCUT2D eigenvalue weighted by atomic mass is 16.3. The molecule has 2 aliphatic carbocycles. The van der Waals surface area contributed by atoms with Crippen LogP contribution in [0.3, 0.4) is 0 Å². The van der Waals surface area contributed by atoms with Crippen molar-refractivity contribution in [3.63, 3.8) is 0 Å². The lowest BCUT2D eigenvalue weighted by Crippen LogP contribution is -2.68. The van der Waals surface area contributed by atoms with Gasteiger partial charge in [-0.1, -0.05) is 69.2 Å². The van der Waals surface area contributed by atoms with Crippen LogP contribution in [0.15, 0.2) is 60.3 Å². The topological polar surface area (TPSA) is 46.9 Å². The minimum Gasteiger partial charge on any atom is -0.390 e. The Labute approximate surface area is 191 Å². The van der Waals surface area contributed by atoms with Gasteiger partial charge in [0.25, 0.3) is 0 Å². The summed E-state index contributed by atoms with van der Waals surface area (Å²) in [5, 5.41) is 22.8. The van der Waals surface area contributed by atoms with Crippen molar-refractivity contribution in [3.05, 3.63) is 71.4 Å². The summed E-state index contributed by atoms with van der Waals surface area (Å²) in [7, 11) is 2.09. The van der Waals surface area contributed by atoms with E-state index in [1.165, 1.54) is 41.8 Å². The zero-order valence-corrected chi connectivity index (χ0v) is 19.3. The van der Waals surface area contributed by atoms with E-state index in [-0.39, 0.29) is 17.4 Å². The van der Waals surface area contributed by atoms with Gasteiger partial charge in [-0.05, 0) is 36.1 Å². The Hall–Kier alpha value is -2.30. The van der Waals surface area contributed by atoms with E-state index < -0.39 is 12.2 Å². The number of nitrogens with zero attached hydrogens (tertiary/aromatic N) is 2. The molecule has 4 atom stereocenters. The molecule has 2 aromatic rings. The van der Waals surface area contributed by atoms with E-state index in [0.717, 1.165) is 12.1 Å². The van der Waals surface area contributed by atoms with Crippen LogP contribution in [0.5, 0.6) is 0 Å². The van der Waals surface area contributed by atoms with Crippen LogP contribution in [0.2, 0.25) is 0 Å². The van der Waals surface area contributed by atoms with E-state index in [1.54, 1.807) is 0 Å². The van der Waals surface area contributed by atoms with Crippen molar-refractivity contribution in [1.82, 2.24) is 0 Å². The van der Waals surface area contributed by atoms with Gasteiger partial charge in [-0.2, -0.15) is 0 Å². The summed E-state index contributed by atoms with van der Waals surface area (Å²) < 4.78 is 0. The van der Waals surface area contributed by atoms with Gasteiger partial charge in [0.05, 0.1) is 18.2 Å². The maximum absolute atomic E-state index is 11.4. The van der Waals surface area contributed by atoms with Crippen molar-refractivity contribution >= 4 is 11.4 Å². The Morgan fingerprint density at radius 3 is 2.31 bits per heavy atom. The maximum Gasteiger partial charge on any atom is 0.0857 e. The first kappa shape index (κ1) is 20.3. The third-order valence-electron chi connectivity index (χ3n) is 8.80. The molecule has 2 N–H and O–H groups in total. The number of para-hydroxylation sites is 2. The minimum absolute atomic E-state index is 0.148. The lowest BCUT2D eigenvalue weighted by Gasteiger charge is -2.53. The van der Waals surface area contributed by atoms with Gasteiger partial charge in [-0.3, -0.25) is 0 Å². The molecule has 2 fully saturated rings. The van der Waals surface area contributed by atoms with Crippen molar-refractivity contribution in [3.8, 4) is 0 Å². The molecule has 2 heterocycles. The summed E-state index contributed by atoms with van der Waals surface area (Å²) in [6.45, 7) is 4.47. The van der Waals surface area contributed by atoms with E-state index in [0.29, 0.717) is 12.0 Å². The molecule has 4 heteroatoms. The van der Waals surface area contributed by atoms with Gasteiger partial charge in [0, 0.05) is 47.4 Å². The molecule has 0 spiro atoms. The maximum atomic E-state index is 11.4. The van der Waals surface area contributed by atoms with Crippen molar-refractivity contribution in [2.24, 2.45) is 5.92 Å². The molecule has 6 rings (SSSR count). The zero-order valence-electron chi connectivity index (χ0n) is 19.3. The van der Waals surface area contributed by atoms with Gasteiger partial charge in [0.2, 0.25) is 0 Å². The van der Waals surface area contributed by atoms with E-state index >= 15 is 0 Å². The van der Waals surface area contributed by atoms with Gasteiger partial charge in [-0.25, -0.2) is 0 Å². The number of likely N-dealkylation sites (N-methyl/N-ethyl adjacent to an activating group) is 1. The predicted octanol–water partition coefficient (Wildman–Crippen LogP) is 4.56. The van der Waals surface area contributed by atoms with Crippen molar-refractivity contribution in [1.29, 1.82) is 0 Å². The average molecular weight is 431 g/mol. The number of anilines is 2. The van der Waals surface area contributed by atoms with Gasteiger partial charge in [0.1, 0.15) is 0 Å². The Kier molecular flexibility index (Phi) is 4.51. The third-order valence-corrected chi connectivity index (χ3v) is 8.80. The quantitative estimate of drug-likeness (QED) is 0.733. The second-order valence-electron chi connectivity index (χ2n) is 10.7. The largest absolute Gasteiger partial charge is 0.390 e. The molecule has 0 saturated heterocycles. The second-order valence-corrected chi connectivity index (χ2v) is 10.7.